The third-order valence-corrected chi connectivity index (χ3v) is 4.77. The molecule has 1 heterocycles. The third kappa shape index (κ3) is 3.88. The molecule has 21 heavy (non-hydrogen) atoms. The molecule has 9 heteroatoms. The summed E-state index contributed by atoms with van der Waals surface area (Å²) in [6.45, 7) is 0. The molecule has 0 radical (unpaired) electrons. The minimum atomic E-state index is -4.34. The van der Waals surface area contributed by atoms with Crippen LogP contribution in [0.1, 0.15) is 12.0 Å². The summed E-state index contributed by atoms with van der Waals surface area (Å²) in [4.78, 5) is 11.8. The Morgan fingerprint density at radius 3 is 2.62 bits per heavy atom. The standard InChI is InChI=1S/C12H10N2O4S2.Na/c13-6-10(12(14)15)8-3-4-19-11-2-1-7(5-9(8)11)20(16,17)18;/h1-2,5H,3-4H2,(H2,14,15)(H,16,17,18);/q;+1/b10-8+;. The minimum Gasteiger partial charge on any atom is -0.365 e. The molecule has 1 aromatic carbocycles. The number of nitrogens with zero attached hydrogens (tertiary/aromatic N) is 1. The molecule has 0 aliphatic carbocycles. The van der Waals surface area contributed by atoms with Crippen molar-refractivity contribution >= 4 is 33.4 Å². The first-order valence-corrected chi connectivity index (χ1v) is 7.95. The SMILES string of the molecule is N#C/C(C(N)=O)=C1/CCSc2ccc(S(=O)(=O)O)cc21.[Na+]. The largest absolute Gasteiger partial charge is 1.00 e. The first-order valence-electron chi connectivity index (χ1n) is 5.52. The minimum absolute atomic E-state index is 0. The second-order valence-corrected chi connectivity index (χ2v) is 6.62. The van der Waals surface area contributed by atoms with Gasteiger partial charge < -0.3 is 5.73 Å². The fourth-order valence-electron chi connectivity index (χ4n) is 1.96. The van der Waals surface area contributed by atoms with Crippen molar-refractivity contribution in [3.8, 4) is 6.07 Å². The molecule has 104 valence electrons. The molecular formula is C12H10N2NaO4S2+. The molecule has 0 fully saturated rings. The number of thioether (sulfide) groups is 1. The van der Waals surface area contributed by atoms with Crippen molar-refractivity contribution in [3.05, 3.63) is 29.3 Å². The van der Waals surface area contributed by atoms with Crippen LogP contribution < -0.4 is 35.3 Å². The molecule has 0 unspecified atom stereocenters. The van der Waals surface area contributed by atoms with Gasteiger partial charge in [0.2, 0.25) is 0 Å². The number of fused-ring (bicyclic) bond motifs is 1. The molecule has 0 saturated heterocycles. The van der Waals surface area contributed by atoms with Gasteiger partial charge in [-0.05, 0) is 35.8 Å². The van der Waals surface area contributed by atoms with Crippen LogP contribution in [-0.4, -0.2) is 24.6 Å². The van der Waals surface area contributed by atoms with Crippen molar-refractivity contribution in [1.82, 2.24) is 0 Å². The van der Waals surface area contributed by atoms with E-state index >= 15 is 0 Å². The van der Waals surface area contributed by atoms with E-state index in [9.17, 15) is 13.2 Å². The second-order valence-electron chi connectivity index (χ2n) is 4.06. The molecule has 0 aromatic heterocycles. The monoisotopic (exact) mass is 333 g/mol. The van der Waals surface area contributed by atoms with E-state index in [0.29, 0.717) is 23.3 Å². The number of amides is 1. The van der Waals surface area contributed by atoms with Crippen LogP contribution in [0.4, 0.5) is 0 Å². The van der Waals surface area contributed by atoms with Gasteiger partial charge in [0.25, 0.3) is 16.0 Å². The fraction of sp³-hybridized carbons (Fsp3) is 0.167. The number of benzene rings is 1. The Labute approximate surface area is 148 Å². The van der Waals surface area contributed by atoms with Crippen LogP contribution in [0, 0.1) is 11.3 Å². The number of carbonyl (C=O) groups is 1. The van der Waals surface area contributed by atoms with E-state index in [1.54, 1.807) is 6.07 Å². The number of rotatable bonds is 2. The van der Waals surface area contributed by atoms with Crippen LogP contribution in [0.25, 0.3) is 5.57 Å². The van der Waals surface area contributed by atoms with Gasteiger partial charge in [0.15, 0.2) is 0 Å². The van der Waals surface area contributed by atoms with E-state index in [1.165, 1.54) is 30.0 Å². The summed E-state index contributed by atoms with van der Waals surface area (Å²) in [5, 5.41) is 9.02. The molecule has 1 aliphatic rings. The molecule has 3 N–H and O–H groups in total. The zero-order chi connectivity index (χ0) is 14.9. The number of primary amides is 1. The average molecular weight is 333 g/mol. The summed E-state index contributed by atoms with van der Waals surface area (Å²) in [6.07, 6.45) is 0.429. The molecular weight excluding hydrogens is 323 g/mol. The van der Waals surface area contributed by atoms with Gasteiger partial charge in [-0.3, -0.25) is 9.35 Å². The van der Waals surface area contributed by atoms with Gasteiger partial charge >= 0.3 is 29.6 Å². The van der Waals surface area contributed by atoms with E-state index in [-0.39, 0.29) is 40.0 Å². The van der Waals surface area contributed by atoms with Crippen LogP contribution in [0.3, 0.4) is 0 Å². The van der Waals surface area contributed by atoms with Crippen molar-refractivity contribution in [2.45, 2.75) is 16.2 Å². The maximum Gasteiger partial charge on any atom is 1.00 e. The Hall–Kier alpha value is -0.820. The second kappa shape index (κ2) is 6.96. The predicted molar refractivity (Wildman–Crippen MR) is 73.3 cm³/mol. The van der Waals surface area contributed by atoms with Crippen LogP contribution in [0.15, 0.2) is 33.6 Å². The van der Waals surface area contributed by atoms with E-state index in [0.717, 1.165) is 4.90 Å². The summed E-state index contributed by atoms with van der Waals surface area (Å²) >= 11 is 1.48. The van der Waals surface area contributed by atoms with Crippen LogP contribution in [0.2, 0.25) is 0 Å². The van der Waals surface area contributed by atoms with Gasteiger partial charge in [-0.1, -0.05) is 0 Å². The third-order valence-electron chi connectivity index (χ3n) is 2.84. The number of nitrogens with two attached hydrogens (primary N) is 1. The zero-order valence-corrected chi connectivity index (χ0v) is 14.8. The molecule has 0 atom stereocenters. The molecule has 0 bridgehead atoms. The Kier molecular flexibility index (Phi) is 6.04. The molecule has 1 aliphatic heterocycles. The van der Waals surface area contributed by atoms with E-state index in [2.05, 4.69) is 0 Å². The molecule has 0 spiro atoms. The Morgan fingerprint density at radius 1 is 1.43 bits per heavy atom. The first kappa shape index (κ1) is 18.2. The van der Waals surface area contributed by atoms with Crippen LogP contribution in [0.5, 0.6) is 0 Å². The Morgan fingerprint density at radius 2 is 2.10 bits per heavy atom. The van der Waals surface area contributed by atoms with Crippen molar-refractivity contribution in [2.75, 3.05) is 5.75 Å². The van der Waals surface area contributed by atoms with E-state index < -0.39 is 16.0 Å². The molecule has 1 amide bonds. The van der Waals surface area contributed by atoms with Crippen molar-refractivity contribution in [1.29, 1.82) is 5.26 Å². The quantitative estimate of drug-likeness (QED) is 0.285. The van der Waals surface area contributed by atoms with E-state index in [4.69, 9.17) is 15.5 Å². The number of carbonyl (C=O) groups excluding carboxylic acids is 1. The molecule has 0 saturated carbocycles. The Bertz CT molecular complexity index is 766. The molecule has 6 nitrogen and oxygen atoms in total. The van der Waals surface area contributed by atoms with Gasteiger partial charge in [-0.2, -0.15) is 13.7 Å². The summed E-state index contributed by atoms with van der Waals surface area (Å²) in [5.74, 6) is -0.191. The van der Waals surface area contributed by atoms with Gasteiger partial charge in [0, 0.05) is 10.6 Å². The van der Waals surface area contributed by atoms with E-state index in [1.807, 2.05) is 0 Å². The summed E-state index contributed by atoms with van der Waals surface area (Å²) in [5.41, 5.74) is 5.85. The number of allylic oxidation sites excluding steroid dienone is 1. The topological polar surface area (TPSA) is 121 Å². The fourth-order valence-corrected chi connectivity index (χ4v) is 3.49. The normalized spacial score (nSPS) is 16.2. The van der Waals surface area contributed by atoms with Crippen molar-refractivity contribution < 1.29 is 47.3 Å². The molecule has 1 aromatic rings. The molecule has 2 rings (SSSR count). The number of nitriles is 1. The average Bonchev–Trinajstić information content (AvgIpc) is 2.37. The van der Waals surface area contributed by atoms with Crippen LogP contribution in [-0.2, 0) is 14.9 Å². The van der Waals surface area contributed by atoms with Gasteiger partial charge in [-0.25, -0.2) is 0 Å². The Balaban J connectivity index is 0.00000220. The zero-order valence-electron chi connectivity index (χ0n) is 11.2. The van der Waals surface area contributed by atoms with Crippen molar-refractivity contribution in [2.24, 2.45) is 5.73 Å². The van der Waals surface area contributed by atoms with Gasteiger partial charge in [-0.15, -0.1) is 11.8 Å². The summed E-state index contributed by atoms with van der Waals surface area (Å²) in [6, 6.07) is 5.83. The van der Waals surface area contributed by atoms with Crippen molar-refractivity contribution in [3.63, 3.8) is 0 Å². The maximum atomic E-state index is 11.3. The summed E-state index contributed by atoms with van der Waals surface area (Å²) < 4.78 is 31.4. The van der Waals surface area contributed by atoms with Gasteiger partial charge in [0.05, 0.1) is 4.90 Å². The number of hydrogen-bond donors (Lipinski definition) is 2. The smallest absolute Gasteiger partial charge is 0.365 e. The number of hydrogen-bond acceptors (Lipinski definition) is 5. The maximum absolute atomic E-state index is 11.3. The summed E-state index contributed by atoms with van der Waals surface area (Å²) in [7, 11) is -4.34. The predicted octanol–water partition coefficient (Wildman–Crippen LogP) is -1.80. The first-order chi connectivity index (χ1) is 9.34. The van der Waals surface area contributed by atoms with Crippen LogP contribution >= 0.6 is 11.8 Å². The van der Waals surface area contributed by atoms with Gasteiger partial charge in [0.1, 0.15) is 11.6 Å².